The van der Waals surface area contributed by atoms with Crippen LogP contribution in [0.3, 0.4) is 0 Å². The zero-order valence-corrected chi connectivity index (χ0v) is 16.5. The summed E-state index contributed by atoms with van der Waals surface area (Å²) in [6, 6.07) is 18.3. The molecule has 1 unspecified atom stereocenters. The summed E-state index contributed by atoms with van der Waals surface area (Å²) >= 11 is 0. The lowest BCUT2D eigenvalue weighted by Crippen LogP contribution is -2.30. The van der Waals surface area contributed by atoms with E-state index in [-0.39, 0.29) is 24.3 Å². The van der Waals surface area contributed by atoms with Gasteiger partial charge in [-0.15, -0.1) is 0 Å². The van der Waals surface area contributed by atoms with Crippen molar-refractivity contribution in [3.05, 3.63) is 95.3 Å². The van der Waals surface area contributed by atoms with Crippen LogP contribution < -0.4 is 16.4 Å². The second kappa shape index (κ2) is 8.88. The predicted octanol–water partition coefficient (Wildman–Crippen LogP) is 3.53. The second-order valence-electron chi connectivity index (χ2n) is 7.48. The Morgan fingerprint density at radius 3 is 2.53 bits per heavy atom. The second-order valence-corrected chi connectivity index (χ2v) is 7.48. The molecule has 2 amide bonds. The lowest BCUT2D eigenvalue weighted by Gasteiger charge is -2.17. The van der Waals surface area contributed by atoms with Crippen LogP contribution in [0.25, 0.3) is 0 Å². The van der Waals surface area contributed by atoms with Crippen molar-refractivity contribution in [1.29, 1.82) is 0 Å². The van der Waals surface area contributed by atoms with Crippen molar-refractivity contribution in [3.63, 3.8) is 0 Å². The molecular weight excluding hydrogens is 376 g/mol. The molecule has 1 aliphatic carbocycles. The number of anilines is 1. The van der Waals surface area contributed by atoms with E-state index in [0.29, 0.717) is 11.3 Å². The Morgan fingerprint density at radius 1 is 1.03 bits per heavy atom. The van der Waals surface area contributed by atoms with Crippen LogP contribution in [0.4, 0.5) is 5.69 Å². The van der Waals surface area contributed by atoms with E-state index >= 15 is 0 Å². The molecule has 6 nitrogen and oxygen atoms in total. The number of rotatable bonds is 6. The van der Waals surface area contributed by atoms with Gasteiger partial charge in [0.15, 0.2) is 0 Å². The number of nitrogens with two attached hydrogens (primary N) is 1. The Morgan fingerprint density at radius 2 is 1.77 bits per heavy atom. The van der Waals surface area contributed by atoms with Crippen LogP contribution in [0.1, 0.15) is 52.0 Å². The molecule has 2 aromatic carbocycles. The van der Waals surface area contributed by atoms with E-state index in [2.05, 4.69) is 27.8 Å². The van der Waals surface area contributed by atoms with E-state index in [0.717, 1.165) is 18.4 Å². The van der Waals surface area contributed by atoms with Gasteiger partial charge in [0, 0.05) is 36.1 Å². The topological polar surface area (TPSA) is 97.1 Å². The van der Waals surface area contributed by atoms with E-state index < -0.39 is 6.04 Å². The van der Waals surface area contributed by atoms with Crippen molar-refractivity contribution in [2.45, 2.75) is 31.3 Å². The van der Waals surface area contributed by atoms with Crippen molar-refractivity contribution >= 4 is 17.5 Å². The first-order valence-corrected chi connectivity index (χ1v) is 10.0. The highest BCUT2D eigenvalue weighted by Crippen LogP contribution is 2.31. The van der Waals surface area contributed by atoms with E-state index in [1.165, 1.54) is 11.1 Å². The summed E-state index contributed by atoms with van der Waals surface area (Å²) < 4.78 is 0. The zero-order chi connectivity index (χ0) is 20.9. The molecule has 2 atom stereocenters. The van der Waals surface area contributed by atoms with Crippen LogP contribution in [0, 0.1) is 0 Å². The fourth-order valence-electron chi connectivity index (χ4n) is 3.80. The first-order valence-electron chi connectivity index (χ1n) is 10.0. The molecule has 0 saturated heterocycles. The van der Waals surface area contributed by atoms with Gasteiger partial charge in [-0.1, -0.05) is 36.4 Å². The van der Waals surface area contributed by atoms with Crippen molar-refractivity contribution < 1.29 is 9.59 Å². The molecule has 4 N–H and O–H groups in total. The van der Waals surface area contributed by atoms with Gasteiger partial charge >= 0.3 is 0 Å². The van der Waals surface area contributed by atoms with Crippen molar-refractivity contribution in [1.82, 2.24) is 10.3 Å². The van der Waals surface area contributed by atoms with Gasteiger partial charge in [0.1, 0.15) is 0 Å². The molecule has 0 radical (unpaired) electrons. The number of carbonyl (C=O) groups excluding carboxylic acids is 2. The quantitative estimate of drug-likeness (QED) is 0.590. The molecule has 4 rings (SSSR count). The summed E-state index contributed by atoms with van der Waals surface area (Å²) in [4.78, 5) is 28.8. The number of hydrogen-bond acceptors (Lipinski definition) is 4. The maximum absolute atomic E-state index is 12.5. The number of nitrogens with one attached hydrogen (secondary N) is 2. The van der Waals surface area contributed by atoms with E-state index in [4.69, 9.17) is 5.73 Å². The molecule has 30 heavy (non-hydrogen) atoms. The van der Waals surface area contributed by atoms with Crippen LogP contribution in [-0.2, 0) is 11.2 Å². The predicted molar refractivity (Wildman–Crippen MR) is 116 cm³/mol. The summed E-state index contributed by atoms with van der Waals surface area (Å²) in [7, 11) is 0. The molecule has 0 saturated carbocycles. The summed E-state index contributed by atoms with van der Waals surface area (Å²) in [6.45, 7) is 0. The molecule has 1 aliphatic rings. The van der Waals surface area contributed by atoms with E-state index in [1.54, 1.807) is 48.8 Å². The monoisotopic (exact) mass is 400 g/mol. The average Bonchev–Trinajstić information content (AvgIpc) is 3.17. The van der Waals surface area contributed by atoms with Gasteiger partial charge < -0.3 is 16.4 Å². The van der Waals surface area contributed by atoms with Gasteiger partial charge in [-0.2, -0.15) is 0 Å². The third kappa shape index (κ3) is 4.55. The van der Waals surface area contributed by atoms with Crippen LogP contribution in [0.5, 0.6) is 0 Å². The largest absolute Gasteiger partial charge is 0.349 e. The molecule has 152 valence electrons. The first-order chi connectivity index (χ1) is 14.6. The van der Waals surface area contributed by atoms with Gasteiger partial charge in [-0.3, -0.25) is 14.6 Å². The molecular formula is C24H24N4O2. The summed E-state index contributed by atoms with van der Waals surface area (Å²) in [5.74, 6) is -0.275. The number of aryl methyl sites for hydroxylation is 1. The normalized spacial score (nSPS) is 15.8. The molecule has 3 aromatic rings. The summed E-state index contributed by atoms with van der Waals surface area (Å²) in [6.07, 6.45) is 5.33. The minimum Gasteiger partial charge on any atom is -0.349 e. The number of fused-ring (bicyclic) bond motifs is 1. The Bertz CT molecular complexity index is 1030. The van der Waals surface area contributed by atoms with Gasteiger partial charge in [-0.05, 0) is 53.8 Å². The van der Waals surface area contributed by atoms with E-state index in [9.17, 15) is 9.59 Å². The lowest BCUT2D eigenvalue weighted by atomic mass is 10.0. The fourth-order valence-corrected chi connectivity index (χ4v) is 3.80. The van der Waals surface area contributed by atoms with E-state index in [1.807, 2.05) is 12.1 Å². The van der Waals surface area contributed by atoms with Gasteiger partial charge in [0.25, 0.3) is 5.91 Å². The fraction of sp³-hybridized carbons (Fsp3) is 0.208. The molecule has 0 fully saturated rings. The lowest BCUT2D eigenvalue weighted by molar-refractivity contribution is -0.122. The number of benzene rings is 2. The molecule has 0 bridgehead atoms. The number of nitrogens with zero attached hydrogens (tertiary/aromatic N) is 1. The first kappa shape index (κ1) is 19.8. The molecule has 6 heteroatoms. The number of hydrogen-bond donors (Lipinski definition) is 3. The number of pyridine rings is 1. The van der Waals surface area contributed by atoms with Crippen LogP contribution in [-0.4, -0.2) is 16.8 Å². The van der Waals surface area contributed by atoms with Crippen molar-refractivity contribution in [3.8, 4) is 0 Å². The van der Waals surface area contributed by atoms with Crippen molar-refractivity contribution in [2.24, 2.45) is 5.73 Å². The summed E-state index contributed by atoms with van der Waals surface area (Å²) in [5.41, 5.74) is 10.8. The Balaban J connectivity index is 1.33. The highest BCUT2D eigenvalue weighted by molar-refractivity contribution is 6.04. The maximum atomic E-state index is 12.5. The molecule has 1 aromatic heterocycles. The molecule has 0 aliphatic heterocycles. The highest BCUT2D eigenvalue weighted by atomic mass is 16.2. The third-order valence-electron chi connectivity index (χ3n) is 5.41. The highest BCUT2D eigenvalue weighted by Gasteiger charge is 2.24. The Hall–Kier alpha value is -3.51. The van der Waals surface area contributed by atoms with Crippen LogP contribution in [0.2, 0.25) is 0 Å². The minimum atomic E-state index is -0.432. The number of amides is 2. The maximum Gasteiger partial charge on any atom is 0.255 e. The summed E-state index contributed by atoms with van der Waals surface area (Å²) in [5, 5.41) is 5.92. The Labute approximate surface area is 175 Å². The van der Waals surface area contributed by atoms with Gasteiger partial charge in [0.2, 0.25) is 5.91 Å². The minimum absolute atomic E-state index is 0.0557. The number of aromatic nitrogens is 1. The Kier molecular flexibility index (Phi) is 5.86. The standard InChI is InChI=1S/C24H24N4O2/c25-21(15-23(29)28-22-10-9-16-3-1-2-4-20(16)22)17-5-7-18(8-6-17)24(30)27-19-11-13-26-14-12-19/h1-8,11-14,21-22H,9-10,15,25H2,(H,28,29)(H,26,27,30)/t21-,22?/m0/s1. The molecule has 0 spiro atoms. The van der Waals surface area contributed by atoms with Crippen LogP contribution >= 0.6 is 0 Å². The third-order valence-corrected chi connectivity index (χ3v) is 5.41. The van der Waals surface area contributed by atoms with Gasteiger partial charge in [-0.25, -0.2) is 0 Å². The van der Waals surface area contributed by atoms with Crippen LogP contribution in [0.15, 0.2) is 73.1 Å². The van der Waals surface area contributed by atoms with Crippen molar-refractivity contribution in [2.75, 3.05) is 5.32 Å². The zero-order valence-electron chi connectivity index (χ0n) is 16.5. The molecule has 1 heterocycles. The SMILES string of the molecule is N[C@@H](CC(=O)NC1CCc2ccccc21)c1ccc(C(=O)Nc2ccncc2)cc1. The number of carbonyl (C=O) groups is 2. The average molecular weight is 400 g/mol. The van der Waals surface area contributed by atoms with Gasteiger partial charge in [0.05, 0.1) is 6.04 Å². The smallest absolute Gasteiger partial charge is 0.255 e.